The van der Waals surface area contributed by atoms with Crippen LogP contribution in [0.3, 0.4) is 0 Å². The van der Waals surface area contributed by atoms with Crippen molar-refractivity contribution >= 4 is 33.4 Å². The lowest BCUT2D eigenvalue weighted by Crippen LogP contribution is -2.56. The summed E-state index contributed by atoms with van der Waals surface area (Å²) < 4.78 is 27.4. The number of sulfonamides is 1. The third-order valence-corrected chi connectivity index (χ3v) is 13.3. The summed E-state index contributed by atoms with van der Waals surface area (Å²) in [6, 6.07) is 14.3. The minimum Gasteiger partial charge on any atom is -0.344 e. The zero-order valence-electron chi connectivity index (χ0n) is 26.1. The maximum Gasteiger partial charge on any atom is 0.245 e. The van der Waals surface area contributed by atoms with Crippen LogP contribution in [0.5, 0.6) is 0 Å². The molecule has 244 valence electrons. The second kappa shape index (κ2) is 13.7. The molecule has 0 bridgehead atoms. The molecule has 8 nitrogen and oxygen atoms in total. The van der Waals surface area contributed by atoms with Gasteiger partial charge in [-0.3, -0.25) is 9.59 Å². The van der Waals surface area contributed by atoms with Crippen LogP contribution in [0.25, 0.3) is 0 Å². The van der Waals surface area contributed by atoms with E-state index in [0.29, 0.717) is 56.4 Å². The second-order valence-corrected chi connectivity index (χ2v) is 16.3. The Kier molecular flexibility index (Phi) is 9.90. The van der Waals surface area contributed by atoms with Crippen molar-refractivity contribution in [1.82, 2.24) is 14.5 Å². The molecule has 1 unspecified atom stereocenters. The van der Waals surface area contributed by atoms with E-state index in [2.05, 4.69) is 11.4 Å². The molecule has 0 aromatic heterocycles. The molecule has 4 aliphatic rings. The molecule has 3 fully saturated rings. The Morgan fingerprint density at radius 3 is 2.36 bits per heavy atom. The smallest absolute Gasteiger partial charge is 0.245 e. The van der Waals surface area contributed by atoms with E-state index < -0.39 is 28.0 Å². The summed E-state index contributed by atoms with van der Waals surface area (Å²) in [5.41, 5.74) is 9.61. The number of rotatable bonds is 8. The van der Waals surface area contributed by atoms with Gasteiger partial charge in [0.05, 0.1) is 11.7 Å². The summed E-state index contributed by atoms with van der Waals surface area (Å²) in [6.07, 6.45) is 9.88. The fraction of sp³-hybridized carbons (Fsp3) is 0.600. The summed E-state index contributed by atoms with van der Waals surface area (Å²) in [6.45, 7) is 2.29. The van der Waals surface area contributed by atoms with Crippen LogP contribution in [0.1, 0.15) is 80.5 Å². The van der Waals surface area contributed by atoms with E-state index in [0.717, 1.165) is 43.2 Å². The molecule has 2 aliphatic carbocycles. The number of nitrogens with zero attached hydrogens (tertiary/aromatic N) is 2. The predicted molar refractivity (Wildman–Crippen MR) is 177 cm³/mol. The fourth-order valence-electron chi connectivity index (χ4n) is 8.45. The van der Waals surface area contributed by atoms with Crippen LogP contribution in [-0.2, 0) is 32.5 Å². The Hall–Kier alpha value is -2.46. The van der Waals surface area contributed by atoms with Gasteiger partial charge in [0.25, 0.3) is 0 Å². The van der Waals surface area contributed by atoms with Crippen molar-refractivity contribution in [2.75, 3.05) is 31.9 Å². The largest absolute Gasteiger partial charge is 0.344 e. The number of hydrogen-bond acceptors (Lipinski definition) is 5. The van der Waals surface area contributed by atoms with E-state index >= 15 is 0 Å². The van der Waals surface area contributed by atoms with Gasteiger partial charge in [-0.2, -0.15) is 0 Å². The number of halogens is 1. The van der Waals surface area contributed by atoms with Gasteiger partial charge in [0.15, 0.2) is 0 Å². The van der Waals surface area contributed by atoms with Crippen LogP contribution in [0.4, 0.5) is 0 Å². The number of carbonyl (C=O) groups excluding carboxylic acids is 2. The van der Waals surface area contributed by atoms with E-state index in [1.807, 2.05) is 35.2 Å². The summed E-state index contributed by atoms with van der Waals surface area (Å²) in [7, 11) is -3.21. The Bertz CT molecular complexity index is 1470. The number of amides is 2. The first-order valence-corrected chi connectivity index (χ1v) is 18.8. The normalized spacial score (nSPS) is 25.8. The van der Waals surface area contributed by atoms with Gasteiger partial charge in [-0.25, -0.2) is 12.7 Å². The van der Waals surface area contributed by atoms with Gasteiger partial charge < -0.3 is 16.0 Å². The van der Waals surface area contributed by atoms with Gasteiger partial charge in [0, 0.05) is 43.7 Å². The van der Waals surface area contributed by atoms with Gasteiger partial charge in [-0.1, -0.05) is 67.3 Å². The van der Waals surface area contributed by atoms with E-state index in [4.69, 9.17) is 17.3 Å². The highest BCUT2D eigenvalue weighted by Crippen LogP contribution is 2.47. The van der Waals surface area contributed by atoms with Gasteiger partial charge in [-0.05, 0) is 85.1 Å². The Morgan fingerprint density at radius 1 is 0.956 bits per heavy atom. The summed E-state index contributed by atoms with van der Waals surface area (Å²) in [5.74, 6) is 0.0228. The maximum atomic E-state index is 14.3. The lowest BCUT2D eigenvalue weighted by Gasteiger charge is -2.49. The first kappa shape index (κ1) is 32.5. The Morgan fingerprint density at radius 2 is 1.67 bits per heavy atom. The van der Waals surface area contributed by atoms with Crippen molar-refractivity contribution in [1.29, 1.82) is 0 Å². The first-order valence-electron chi connectivity index (χ1n) is 16.8. The molecule has 2 aromatic rings. The monoisotopic (exact) mass is 654 g/mol. The van der Waals surface area contributed by atoms with Gasteiger partial charge in [-0.15, -0.1) is 0 Å². The van der Waals surface area contributed by atoms with E-state index in [-0.39, 0.29) is 23.0 Å². The fourth-order valence-corrected chi connectivity index (χ4v) is 10.2. The summed E-state index contributed by atoms with van der Waals surface area (Å²) >= 11 is 6.14. The van der Waals surface area contributed by atoms with E-state index in [1.165, 1.54) is 24.8 Å². The van der Waals surface area contributed by atoms with Crippen LogP contribution in [0, 0.1) is 17.3 Å². The van der Waals surface area contributed by atoms with Crippen LogP contribution in [0.15, 0.2) is 48.5 Å². The molecule has 1 saturated carbocycles. The molecule has 10 heteroatoms. The van der Waals surface area contributed by atoms with Gasteiger partial charge >= 0.3 is 0 Å². The average molecular weight is 655 g/mol. The van der Waals surface area contributed by atoms with Crippen molar-refractivity contribution < 1.29 is 18.0 Å². The lowest BCUT2D eigenvalue weighted by molar-refractivity contribution is -0.140. The molecule has 2 heterocycles. The maximum absolute atomic E-state index is 14.3. The highest BCUT2D eigenvalue weighted by molar-refractivity contribution is 7.89. The first-order chi connectivity index (χ1) is 21.6. The van der Waals surface area contributed by atoms with Crippen molar-refractivity contribution in [3.05, 3.63) is 70.2 Å². The van der Waals surface area contributed by atoms with Gasteiger partial charge in [0.1, 0.15) is 6.04 Å². The number of carbonyl (C=O) groups is 2. The standard InChI is InChI=1S/C35H47ClN4O4S/c36-28-14-11-25(12-15-28)23-31(38-33(41)30-16-13-26-7-4-5-10-29(26)32(30)37)34(42)39-20-17-35(18-21-39,27-8-2-1-3-9-27)24-40-19-6-22-45(40,43)44/h4-5,7,10-12,14-15,27,30-32H,1-3,6,8-9,13,16-24,37H2,(H,38,41)/t30?,31-,32+/m1/s1. The zero-order chi connectivity index (χ0) is 31.6. The molecule has 0 spiro atoms. The quantitative estimate of drug-likeness (QED) is 0.423. The van der Waals surface area contributed by atoms with E-state index in [1.54, 1.807) is 16.4 Å². The van der Waals surface area contributed by atoms with Crippen LogP contribution in [0.2, 0.25) is 5.02 Å². The SMILES string of the molecule is N[C@H]1c2ccccc2CCC1C(=O)N[C@H](Cc1ccc(Cl)cc1)C(=O)N1CCC(CN2CCCS2(=O)=O)(C2CCCCC2)CC1. The number of hydrogen-bond donors (Lipinski definition) is 2. The highest BCUT2D eigenvalue weighted by Gasteiger charge is 2.47. The lowest BCUT2D eigenvalue weighted by atomic mass is 9.63. The summed E-state index contributed by atoms with van der Waals surface area (Å²) in [4.78, 5) is 29.9. The molecule has 3 N–H and O–H groups in total. The Labute approximate surface area is 273 Å². The van der Waals surface area contributed by atoms with E-state index in [9.17, 15) is 18.0 Å². The molecule has 3 atom stereocenters. The molecule has 2 saturated heterocycles. The number of nitrogens with one attached hydrogen (secondary N) is 1. The minimum atomic E-state index is -3.21. The topological polar surface area (TPSA) is 113 Å². The number of aryl methyl sites for hydroxylation is 1. The number of likely N-dealkylation sites (tertiary alicyclic amines) is 1. The zero-order valence-corrected chi connectivity index (χ0v) is 27.7. The molecule has 45 heavy (non-hydrogen) atoms. The van der Waals surface area contributed by atoms with Crippen molar-refractivity contribution in [3.8, 4) is 0 Å². The summed E-state index contributed by atoms with van der Waals surface area (Å²) in [5, 5.41) is 3.75. The molecular formula is C35H47ClN4O4S. The average Bonchev–Trinajstić information content (AvgIpc) is 3.39. The molecule has 2 aromatic carbocycles. The Balaban J connectivity index is 1.19. The second-order valence-electron chi connectivity index (χ2n) is 13.8. The molecule has 0 radical (unpaired) electrons. The number of nitrogens with two attached hydrogens (primary N) is 1. The van der Waals surface area contributed by atoms with Crippen molar-refractivity contribution in [2.24, 2.45) is 23.0 Å². The highest BCUT2D eigenvalue weighted by atomic mass is 35.5. The molecule has 2 amide bonds. The van der Waals surface area contributed by atoms with Crippen LogP contribution >= 0.6 is 11.6 Å². The number of benzene rings is 2. The number of fused-ring (bicyclic) bond motifs is 1. The van der Waals surface area contributed by atoms with Crippen LogP contribution in [-0.4, -0.2) is 67.4 Å². The predicted octanol–water partition coefficient (Wildman–Crippen LogP) is 4.85. The van der Waals surface area contributed by atoms with Gasteiger partial charge in [0.2, 0.25) is 21.8 Å². The van der Waals surface area contributed by atoms with Crippen LogP contribution < -0.4 is 11.1 Å². The number of piperidine rings is 1. The molecule has 6 rings (SSSR count). The van der Waals surface area contributed by atoms with Crippen molar-refractivity contribution in [2.45, 2.75) is 82.7 Å². The van der Waals surface area contributed by atoms with Crippen molar-refractivity contribution in [3.63, 3.8) is 0 Å². The minimum absolute atomic E-state index is 0.0888. The third-order valence-electron chi connectivity index (χ3n) is 11.1. The molecular weight excluding hydrogens is 608 g/mol. The molecule has 2 aliphatic heterocycles. The third kappa shape index (κ3) is 7.11.